The number of carboxylic acids is 1. The number of rotatable bonds is 5. The Balaban J connectivity index is 0.000000383. The zero-order valence-electron chi connectivity index (χ0n) is 17.4. The number of halogens is 4. The second-order valence-corrected chi connectivity index (χ2v) is 9.34. The highest BCUT2D eigenvalue weighted by Gasteiger charge is 2.50. The van der Waals surface area contributed by atoms with Gasteiger partial charge in [0.2, 0.25) is 5.91 Å². The summed E-state index contributed by atoms with van der Waals surface area (Å²) in [7, 11) is 0. The molecule has 0 radical (unpaired) electrons. The van der Waals surface area contributed by atoms with Crippen LogP contribution in [0.3, 0.4) is 0 Å². The zero-order valence-corrected chi connectivity index (χ0v) is 18.2. The number of pyridine rings is 1. The summed E-state index contributed by atoms with van der Waals surface area (Å²) in [6.45, 7) is 2.11. The van der Waals surface area contributed by atoms with Gasteiger partial charge in [0, 0.05) is 31.2 Å². The molecule has 0 aliphatic carbocycles. The molecule has 1 amide bonds. The molecule has 1 aromatic heterocycles. The Morgan fingerprint density at radius 2 is 1.91 bits per heavy atom. The molecule has 2 saturated heterocycles. The van der Waals surface area contributed by atoms with E-state index in [2.05, 4.69) is 4.98 Å². The maximum absolute atomic E-state index is 13.2. The normalized spacial score (nSPS) is 18.9. The topological polar surface area (TPSA) is 79.7 Å². The summed E-state index contributed by atoms with van der Waals surface area (Å²) >= 11 is 1.91. The Morgan fingerprint density at radius 1 is 1.21 bits per heavy atom. The van der Waals surface area contributed by atoms with Crippen LogP contribution < -0.4 is 0 Å². The molecule has 1 aromatic carbocycles. The maximum Gasteiger partial charge on any atom is 0.490 e. The number of carboxylic acid groups (broad SMARTS) is 1. The highest BCUT2D eigenvalue weighted by molar-refractivity contribution is 8.01. The Morgan fingerprint density at radius 3 is 2.52 bits per heavy atom. The predicted molar refractivity (Wildman–Crippen MR) is 113 cm³/mol. The summed E-state index contributed by atoms with van der Waals surface area (Å²) in [4.78, 5) is 27.3. The second-order valence-electron chi connectivity index (χ2n) is 7.85. The summed E-state index contributed by atoms with van der Waals surface area (Å²) in [5.41, 5.74) is 1.81. The van der Waals surface area contributed by atoms with Crippen molar-refractivity contribution >= 4 is 23.6 Å². The lowest BCUT2D eigenvalue weighted by molar-refractivity contribution is -0.192. The van der Waals surface area contributed by atoms with Crippen LogP contribution in [0, 0.1) is 5.82 Å². The number of alkyl halides is 3. The van der Waals surface area contributed by atoms with Gasteiger partial charge in [0.15, 0.2) is 0 Å². The molecule has 0 saturated carbocycles. The second kappa shape index (κ2) is 10.5. The highest BCUT2D eigenvalue weighted by atomic mass is 32.2. The standard InChI is InChI=1S/C20H21FN2O2S.C2HF3O2/c21-17-5-1-3-15(7-17)8-19(24)23-13-20(14-23)9-18(12-26-20)25-11-16-4-2-6-22-10-16;3-2(4,5)1(6)7/h1-7,10,18H,8-9,11-14H2;(H,6,7). The van der Waals surface area contributed by atoms with Crippen molar-refractivity contribution in [1.29, 1.82) is 0 Å². The first-order valence-electron chi connectivity index (χ1n) is 10.0. The van der Waals surface area contributed by atoms with E-state index in [1.54, 1.807) is 18.3 Å². The Kier molecular flexibility index (Phi) is 7.96. The van der Waals surface area contributed by atoms with Crippen molar-refractivity contribution in [3.05, 3.63) is 65.7 Å². The van der Waals surface area contributed by atoms with Gasteiger partial charge in [-0.1, -0.05) is 18.2 Å². The van der Waals surface area contributed by atoms with Crippen LogP contribution in [0.4, 0.5) is 17.6 Å². The van der Waals surface area contributed by atoms with E-state index in [0.29, 0.717) is 6.61 Å². The number of aromatic nitrogens is 1. The Bertz CT molecular complexity index is 968. The summed E-state index contributed by atoms with van der Waals surface area (Å²) in [6.07, 6.45) is -0.0382. The van der Waals surface area contributed by atoms with Crippen LogP contribution in [-0.4, -0.2) is 62.7 Å². The lowest BCUT2D eigenvalue weighted by atomic mass is 9.92. The van der Waals surface area contributed by atoms with E-state index in [0.717, 1.165) is 36.4 Å². The molecule has 0 bridgehead atoms. The number of amides is 1. The molecule has 33 heavy (non-hydrogen) atoms. The SMILES string of the molecule is O=C(Cc1cccc(F)c1)N1CC2(CC(OCc3cccnc3)CS2)C1.O=C(O)C(F)(F)F. The summed E-state index contributed by atoms with van der Waals surface area (Å²) < 4.78 is 51.1. The van der Waals surface area contributed by atoms with Crippen molar-refractivity contribution < 1.29 is 37.0 Å². The number of nitrogens with zero attached hydrogens (tertiary/aromatic N) is 2. The molecular weight excluding hydrogens is 464 g/mol. The molecule has 178 valence electrons. The maximum atomic E-state index is 13.2. The van der Waals surface area contributed by atoms with Crippen molar-refractivity contribution in [2.45, 2.75) is 36.5 Å². The minimum Gasteiger partial charge on any atom is -0.475 e. The first-order chi connectivity index (χ1) is 15.6. The fourth-order valence-electron chi connectivity index (χ4n) is 3.59. The summed E-state index contributed by atoms with van der Waals surface area (Å²) in [5, 5.41) is 7.12. The number of carbonyl (C=O) groups is 2. The van der Waals surface area contributed by atoms with Gasteiger partial charge in [0.25, 0.3) is 0 Å². The molecule has 1 N–H and O–H groups in total. The number of ether oxygens (including phenoxy) is 1. The smallest absolute Gasteiger partial charge is 0.475 e. The third-order valence-corrected chi connectivity index (χ3v) is 6.76. The molecule has 1 atom stereocenters. The molecule has 1 unspecified atom stereocenters. The average molecular weight is 486 g/mol. The number of hydrogen-bond donors (Lipinski definition) is 1. The Hall–Kier alpha value is -2.66. The monoisotopic (exact) mass is 486 g/mol. The molecule has 4 rings (SSSR count). The molecule has 2 fully saturated rings. The fraction of sp³-hybridized carbons (Fsp3) is 0.409. The highest BCUT2D eigenvalue weighted by Crippen LogP contribution is 2.46. The van der Waals surface area contributed by atoms with Gasteiger partial charge in [-0.2, -0.15) is 13.2 Å². The van der Waals surface area contributed by atoms with Crippen molar-refractivity contribution in [3.8, 4) is 0 Å². The lowest BCUT2D eigenvalue weighted by Gasteiger charge is -2.47. The molecule has 6 nitrogen and oxygen atoms in total. The van der Waals surface area contributed by atoms with Gasteiger partial charge in [0.1, 0.15) is 5.82 Å². The molecule has 2 aliphatic rings. The van der Waals surface area contributed by atoms with Crippen molar-refractivity contribution in [3.63, 3.8) is 0 Å². The number of likely N-dealkylation sites (tertiary alicyclic amines) is 1. The molecule has 3 heterocycles. The van der Waals surface area contributed by atoms with Crippen LogP contribution in [0.25, 0.3) is 0 Å². The van der Waals surface area contributed by atoms with Gasteiger partial charge in [-0.3, -0.25) is 9.78 Å². The lowest BCUT2D eigenvalue weighted by Crippen LogP contribution is -2.61. The van der Waals surface area contributed by atoms with Crippen LogP contribution in [0.2, 0.25) is 0 Å². The minimum absolute atomic E-state index is 0.0709. The zero-order chi connectivity index (χ0) is 24.1. The van der Waals surface area contributed by atoms with Gasteiger partial charge in [-0.25, -0.2) is 9.18 Å². The van der Waals surface area contributed by atoms with Gasteiger partial charge >= 0.3 is 12.1 Å². The number of thioether (sulfide) groups is 1. The van der Waals surface area contributed by atoms with Gasteiger partial charge in [-0.15, -0.1) is 11.8 Å². The number of aliphatic carboxylic acids is 1. The average Bonchev–Trinajstić information content (AvgIpc) is 3.16. The number of hydrogen-bond acceptors (Lipinski definition) is 5. The van der Waals surface area contributed by atoms with E-state index in [1.807, 2.05) is 35.0 Å². The summed E-state index contributed by atoms with van der Waals surface area (Å²) in [5.74, 6) is -2.02. The molecular formula is C22H22F4N2O4S. The van der Waals surface area contributed by atoms with Crippen molar-refractivity contribution in [2.24, 2.45) is 0 Å². The predicted octanol–water partition coefficient (Wildman–Crippen LogP) is 3.70. The molecule has 1 spiro atoms. The number of carbonyl (C=O) groups excluding carboxylic acids is 1. The van der Waals surface area contributed by atoms with E-state index in [1.165, 1.54) is 12.1 Å². The first kappa shape index (κ1) is 25.0. The number of benzene rings is 1. The quantitative estimate of drug-likeness (QED) is 0.650. The van der Waals surface area contributed by atoms with Crippen molar-refractivity contribution in [1.82, 2.24) is 9.88 Å². The molecule has 2 aromatic rings. The van der Waals surface area contributed by atoms with Gasteiger partial charge in [0.05, 0.1) is 23.9 Å². The van der Waals surface area contributed by atoms with Crippen molar-refractivity contribution in [2.75, 3.05) is 18.8 Å². The van der Waals surface area contributed by atoms with E-state index in [-0.39, 0.29) is 29.0 Å². The van der Waals surface area contributed by atoms with Crippen LogP contribution in [0.1, 0.15) is 17.5 Å². The van der Waals surface area contributed by atoms with E-state index in [9.17, 15) is 22.4 Å². The van der Waals surface area contributed by atoms with Gasteiger partial charge in [-0.05, 0) is 35.7 Å². The first-order valence-corrected chi connectivity index (χ1v) is 11.0. The van der Waals surface area contributed by atoms with Crippen LogP contribution >= 0.6 is 11.8 Å². The van der Waals surface area contributed by atoms with E-state index in [4.69, 9.17) is 14.6 Å². The van der Waals surface area contributed by atoms with Crippen LogP contribution in [-0.2, 0) is 27.4 Å². The third-order valence-electron chi connectivity index (χ3n) is 5.18. The van der Waals surface area contributed by atoms with E-state index >= 15 is 0 Å². The molecule has 2 aliphatic heterocycles. The van der Waals surface area contributed by atoms with Crippen LogP contribution in [0.5, 0.6) is 0 Å². The summed E-state index contributed by atoms with van der Waals surface area (Å²) in [6, 6.07) is 10.2. The van der Waals surface area contributed by atoms with Crippen LogP contribution in [0.15, 0.2) is 48.8 Å². The fourth-order valence-corrected chi connectivity index (χ4v) is 5.14. The minimum atomic E-state index is -5.08. The largest absolute Gasteiger partial charge is 0.490 e. The van der Waals surface area contributed by atoms with E-state index < -0.39 is 12.1 Å². The third kappa shape index (κ3) is 7.16. The molecule has 11 heteroatoms. The van der Waals surface area contributed by atoms with Gasteiger partial charge < -0.3 is 14.7 Å². The Labute approximate surface area is 191 Å².